The molecule has 2 aromatic carbocycles. The van der Waals surface area contributed by atoms with Crippen LogP contribution in [-0.2, 0) is 28.0 Å². The summed E-state index contributed by atoms with van der Waals surface area (Å²) in [4.78, 5) is 14.2. The van der Waals surface area contributed by atoms with E-state index in [1.807, 2.05) is 0 Å². The molecule has 0 aliphatic heterocycles. The van der Waals surface area contributed by atoms with E-state index < -0.39 is 33.8 Å². The van der Waals surface area contributed by atoms with Crippen molar-refractivity contribution < 1.29 is 30.3 Å². The van der Waals surface area contributed by atoms with Crippen molar-refractivity contribution in [1.29, 1.82) is 0 Å². The normalized spacial score (nSPS) is 13.9. The molecule has 34 heavy (non-hydrogen) atoms. The van der Waals surface area contributed by atoms with Crippen molar-refractivity contribution in [1.82, 2.24) is 0 Å². The van der Waals surface area contributed by atoms with Crippen LogP contribution in [0.5, 0.6) is 0 Å². The molecule has 0 saturated heterocycles. The van der Waals surface area contributed by atoms with E-state index in [1.165, 1.54) is 27.7 Å². The maximum absolute atomic E-state index is 14.2. The summed E-state index contributed by atoms with van der Waals surface area (Å²) in [6, 6.07) is 7.97. The number of ketones is 1. The van der Waals surface area contributed by atoms with Crippen molar-refractivity contribution in [2.24, 2.45) is 0 Å². The molecule has 2 rings (SSSR count). The van der Waals surface area contributed by atoms with Gasteiger partial charge in [-0.15, -0.1) is 0 Å². The van der Waals surface area contributed by atoms with Gasteiger partial charge in [-0.25, -0.2) is 0 Å². The Balaban J connectivity index is 3.06. The van der Waals surface area contributed by atoms with Gasteiger partial charge in [-0.05, 0) is 115 Å². The first-order valence-corrected chi connectivity index (χ1v) is 11.5. The Morgan fingerprint density at radius 1 is 0.529 bits per heavy atom. The minimum atomic E-state index is -1.49. The molecule has 0 fully saturated rings. The molecule has 0 bridgehead atoms. The van der Waals surface area contributed by atoms with Crippen LogP contribution >= 0.6 is 0 Å². The minimum Gasteiger partial charge on any atom is -0.386 e. The number of benzene rings is 2. The average molecular weight is 473 g/mol. The second-order valence-electron chi connectivity index (χ2n) is 11.8. The highest BCUT2D eigenvalue weighted by molar-refractivity contribution is 6.12. The maximum atomic E-state index is 14.2. The molecule has 0 unspecified atom stereocenters. The lowest BCUT2D eigenvalue weighted by atomic mass is 9.76. The van der Waals surface area contributed by atoms with Gasteiger partial charge in [0.15, 0.2) is 5.78 Å². The topological polar surface area (TPSA) is 118 Å². The van der Waals surface area contributed by atoms with Crippen molar-refractivity contribution in [3.05, 3.63) is 69.3 Å². The third-order valence-corrected chi connectivity index (χ3v) is 6.02. The summed E-state index contributed by atoms with van der Waals surface area (Å²) in [5, 5.41) is 54.2. The molecule has 6 nitrogen and oxygen atoms in total. The summed E-state index contributed by atoms with van der Waals surface area (Å²) in [6.07, 6.45) is 0. The zero-order chi connectivity index (χ0) is 26.7. The molecule has 5 N–H and O–H groups in total. The molecule has 6 heteroatoms. The maximum Gasteiger partial charge on any atom is 0.194 e. The molecule has 0 aliphatic rings. The van der Waals surface area contributed by atoms with Gasteiger partial charge >= 0.3 is 0 Å². The third-order valence-electron chi connectivity index (χ3n) is 6.02. The van der Waals surface area contributed by atoms with E-state index in [9.17, 15) is 30.3 Å². The van der Waals surface area contributed by atoms with Crippen LogP contribution in [0.2, 0.25) is 0 Å². The molecule has 0 spiro atoms. The van der Waals surface area contributed by atoms with E-state index in [0.29, 0.717) is 16.7 Å². The van der Waals surface area contributed by atoms with Crippen LogP contribution in [0.3, 0.4) is 0 Å². The Morgan fingerprint density at radius 3 is 1.24 bits per heavy atom. The van der Waals surface area contributed by atoms with E-state index in [4.69, 9.17) is 0 Å². The van der Waals surface area contributed by atoms with Crippen molar-refractivity contribution in [2.45, 2.75) is 97.2 Å². The summed E-state index contributed by atoms with van der Waals surface area (Å²) in [7, 11) is 0. The average Bonchev–Trinajstić information content (AvgIpc) is 2.62. The van der Waals surface area contributed by atoms with Gasteiger partial charge in [-0.3, -0.25) is 4.79 Å². The molecule has 0 saturated carbocycles. The van der Waals surface area contributed by atoms with E-state index in [0.717, 1.165) is 0 Å². The lowest BCUT2D eigenvalue weighted by molar-refractivity contribution is 0.0617. The number of hydrogen-bond acceptors (Lipinski definition) is 6. The highest BCUT2D eigenvalue weighted by Crippen LogP contribution is 2.39. The largest absolute Gasteiger partial charge is 0.386 e. The van der Waals surface area contributed by atoms with Crippen LogP contribution in [0.15, 0.2) is 30.3 Å². The quantitative estimate of drug-likeness (QED) is 0.388. The Kier molecular flexibility index (Phi) is 7.07. The first-order chi connectivity index (χ1) is 15.0. The van der Waals surface area contributed by atoms with Crippen molar-refractivity contribution in [3.63, 3.8) is 0 Å². The fourth-order valence-electron chi connectivity index (χ4n) is 3.99. The van der Waals surface area contributed by atoms with Crippen LogP contribution in [0.4, 0.5) is 0 Å². The second-order valence-corrected chi connectivity index (χ2v) is 11.8. The van der Waals surface area contributed by atoms with E-state index in [-0.39, 0.29) is 22.3 Å². The molecule has 0 radical (unpaired) electrons. The SMILES string of the molecule is CC(C)(O)c1ccc(C(C)(C)O)c(C(=O)c2c(C(C)(C)O)cc(C(C)(C)O)cc2C(C)(C)O)c1. The highest BCUT2D eigenvalue weighted by Gasteiger charge is 2.36. The fourth-order valence-corrected chi connectivity index (χ4v) is 3.99. The number of aliphatic hydroxyl groups is 5. The number of carbonyl (C=O) groups is 1. The molecule has 0 aromatic heterocycles. The molecule has 0 amide bonds. The molecule has 0 aliphatic carbocycles. The van der Waals surface area contributed by atoms with Crippen molar-refractivity contribution >= 4 is 5.78 Å². The van der Waals surface area contributed by atoms with Gasteiger partial charge < -0.3 is 25.5 Å². The zero-order valence-electron chi connectivity index (χ0n) is 22.0. The number of carbonyl (C=O) groups excluding carboxylic acids is 1. The summed E-state index contributed by atoms with van der Waals surface area (Å²) >= 11 is 0. The van der Waals surface area contributed by atoms with Crippen LogP contribution in [0, 0.1) is 0 Å². The Morgan fingerprint density at radius 2 is 0.912 bits per heavy atom. The summed E-state index contributed by atoms with van der Waals surface area (Å²) in [5.74, 6) is -0.514. The smallest absolute Gasteiger partial charge is 0.194 e. The Bertz CT molecular complexity index is 1040. The number of hydrogen-bond donors (Lipinski definition) is 5. The van der Waals surface area contributed by atoms with E-state index >= 15 is 0 Å². The molecule has 188 valence electrons. The van der Waals surface area contributed by atoms with Gasteiger partial charge in [0.2, 0.25) is 0 Å². The first-order valence-electron chi connectivity index (χ1n) is 11.5. The molecular weight excluding hydrogens is 432 g/mol. The van der Waals surface area contributed by atoms with Crippen molar-refractivity contribution in [2.75, 3.05) is 0 Å². The first kappa shape index (κ1) is 28.1. The standard InChI is InChI=1S/C28H40O6/c1-24(2,30)16-11-12-19(26(5,6)32)18(13-16)23(29)22-20(27(7,8)33)14-17(25(3,4)31)15-21(22)28(9,10)34/h11-15,30-34H,1-10H3. The van der Waals surface area contributed by atoms with Gasteiger partial charge in [0.1, 0.15) is 0 Å². The summed E-state index contributed by atoms with van der Waals surface area (Å²) in [6.45, 7) is 15.6. The molecule has 0 heterocycles. The molecule has 2 aromatic rings. The lowest BCUT2D eigenvalue weighted by Gasteiger charge is -2.32. The van der Waals surface area contributed by atoms with Gasteiger partial charge in [-0.1, -0.05) is 12.1 Å². The summed E-state index contributed by atoms with van der Waals surface area (Å²) in [5.41, 5.74) is -4.90. The second kappa shape index (κ2) is 8.54. The van der Waals surface area contributed by atoms with Crippen molar-refractivity contribution in [3.8, 4) is 0 Å². The van der Waals surface area contributed by atoms with Crippen LogP contribution in [-0.4, -0.2) is 31.3 Å². The predicted molar refractivity (Wildman–Crippen MR) is 133 cm³/mol. The highest BCUT2D eigenvalue weighted by atomic mass is 16.3. The predicted octanol–water partition coefficient (Wildman–Crippen LogP) is 4.05. The van der Waals surface area contributed by atoms with Gasteiger partial charge in [0.25, 0.3) is 0 Å². The van der Waals surface area contributed by atoms with E-state index in [2.05, 4.69) is 0 Å². The van der Waals surface area contributed by atoms with Crippen LogP contribution < -0.4 is 0 Å². The monoisotopic (exact) mass is 472 g/mol. The Labute approximate surface area is 202 Å². The van der Waals surface area contributed by atoms with Gasteiger partial charge in [0, 0.05) is 11.1 Å². The number of rotatable bonds is 7. The van der Waals surface area contributed by atoms with Crippen LogP contribution in [0.1, 0.15) is 113 Å². The molecular formula is C28H40O6. The zero-order valence-corrected chi connectivity index (χ0v) is 22.0. The van der Waals surface area contributed by atoms with E-state index in [1.54, 1.807) is 71.9 Å². The summed E-state index contributed by atoms with van der Waals surface area (Å²) < 4.78 is 0. The third kappa shape index (κ3) is 5.93. The minimum absolute atomic E-state index is 0.0893. The fraction of sp³-hybridized carbons (Fsp3) is 0.536. The van der Waals surface area contributed by atoms with Gasteiger partial charge in [-0.2, -0.15) is 0 Å². The molecule has 0 atom stereocenters. The lowest BCUT2D eigenvalue weighted by Crippen LogP contribution is -2.31. The van der Waals surface area contributed by atoms with Crippen LogP contribution in [0.25, 0.3) is 0 Å². The Hall–Kier alpha value is -2.09. The van der Waals surface area contributed by atoms with Gasteiger partial charge in [0.05, 0.1) is 28.0 Å².